The normalized spacial score (nSPS) is 17.0. The van der Waals surface area contributed by atoms with Gasteiger partial charge in [0, 0.05) is 25.7 Å². The second-order valence-electron chi connectivity index (χ2n) is 6.63. The molecule has 0 N–H and O–H groups in total. The number of carbonyl (C=O) groups is 1. The highest BCUT2D eigenvalue weighted by Crippen LogP contribution is 2.36. The third-order valence-corrected chi connectivity index (χ3v) is 4.97. The number of anilines is 1. The van der Waals surface area contributed by atoms with Crippen LogP contribution >= 0.6 is 11.6 Å². The van der Waals surface area contributed by atoms with Crippen LogP contribution in [0.4, 0.5) is 14.9 Å². The van der Waals surface area contributed by atoms with Crippen LogP contribution in [0.15, 0.2) is 36.4 Å². The molecule has 5 nitrogen and oxygen atoms in total. The third kappa shape index (κ3) is 4.34. The number of ether oxygens (including phenoxy) is 2. The fourth-order valence-electron chi connectivity index (χ4n) is 3.14. The summed E-state index contributed by atoms with van der Waals surface area (Å²) < 4.78 is 24.5. The molecule has 1 atom stereocenters. The lowest BCUT2D eigenvalue weighted by molar-refractivity contribution is 0.110. The average molecular weight is 393 g/mol. The van der Waals surface area contributed by atoms with Crippen molar-refractivity contribution in [1.82, 2.24) is 4.90 Å². The fourth-order valence-corrected chi connectivity index (χ4v) is 3.32. The van der Waals surface area contributed by atoms with E-state index in [4.69, 9.17) is 21.1 Å². The van der Waals surface area contributed by atoms with Crippen molar-refractivity contribution in [2.75, 3.05) is 39.2 Å². The summed E-state index contributed by atoms with van der Waals surface area (Å²) in [5.74, 6) is 0.122. The van der Waals surface area contributed by atoms with Crippen LogP contribution in [-0.2, 0) is 4.74 Å². The van der Waals surface area contributed by atoms with Gasteiger partial charge in [0.1, 0.15) is 17.7 Å². The van der Waals surface area contributed by atoms with Gasteiger partial charge in [-0.3, -0.25) is 4.90 Å². The van der Waals surface area contributed by atoms with E-state index in [0.29, 0.717) is 22.6 Å². The maximum Gasteiger partial charge on any atom is 0.414 e. The number of hydrogen-bond acceptors (Lipinski definition) is 4. The molecule has 144 valence electrons. The minimum atomic E-state index is -0.497. The minimum absolute atomic E-state index is 0.0143. The molecular formula is C20H22ClFN2O3. The Balaban J connectivity index is 1.91. The zero-order chi connectivity index (χ0) is 19.6. The molecule has 1 amide bonds. The summed E-state index contributed by atoms with van der Waals surface area (Å²) in [4.78, 5) is 16.2. The Morgan fingerprint density at radius 2 is 2.07 bits per heavy atom. The van der Waals surface area contributed by atoms with Crippen LogP contribution in [0.3, 0.4) is 0 Å². The Kier molecular flexibility index (Phi) is 5.87. The largest absolute Gasteiger partial charge is 0.497 e. The average Bonchev–Trinajstić information content (AvgIpc) is 3.07. The topological polar surface area (TPSA) is 42.0 Å². The molecule has 0 saturated carbocycles. The first-order chi connectivity index (χ1) is 12.9. The number of amides is 1. The lowest BCUT2D eigenvalue weighted by atomic mass is 10.0. The molecule has 27 heavy (non-hydrogen) atoms. The van der Waals surface area contributed by atoms with Gasteiger partial charge < -0.3 is 14.4 Å². The van der Waals surface area contributed by atoms with Crippen molar-refractivity contribution in [2.45, 2.75) is 12.5 Å². The van der Waals surface area contributed by atoms with E-state index in [1.165, 1.54) is 17.0 Å². The summed E-state index contributed by atoms with van der Waals surface area (Å²) >= 11 is 5.94. The highest BCUT2D eigenvalue weighted by atomic mass is 35.5. The molecule has 3 rings (SSSR count). The number of benzene rings is 2. The van der Waals surface area contributed by atoms with Gasteiger partial charge in [-0.1, -0.05) is 17.7 Å². The van der Waals surface area contributed by atoms with Crippen molar-refractivity contribution in [2.24, 2.45) is 0 Å². The van der Waals surface area contributed by atoms with Gasteiger partial charge in [0.15, 0.2) is 0 Å². The number of rotatable bonds is 4. The number of hydrogen-bond donors (Lipinski definition) is 0. The van der Waals surface area contributed by atoms with E-state index in [9.17, 15) is 9.18 Å². The molecule has 0 aromatic heterocycles. The molecule has 2 aromatic carbocycles. The molecule has 7 heteroatoms. The molecule has 0 radical (unpaired) electrons. The van der Waals surface area contributed by atoms with Crippen LogP contribution in [0.5, 0.6) is 5.75 Å². The Morgan fingerprint density at radius 1 is 1.30 bits per heavy atom. The van der Waals surface area contributed by atoms with Gasteiger partial charge >= 0.3 is 6.09 Å². The minimum Gasteiger partial charge on any atom is -0.497 e. The zero-order valence-corrected chi connectivity index (χ0v) is 16.3. The molecular weight excluding hydrogens is 371 g/mol. The Bertz CT molecular complexity index is 846. The highest BCUT2D eigenvalue weighted by molar-refractivity contribution is 6.31. The van der Waals surface area contributed by atoms with Crippen LogP contribution in [0.1, 0.15) is 6.42 Å². The van der Waals surface area contributed by atoms with Crippen molar-refractivity contribution in [3.05, 3.63) is 47.2 Å². The second-order valence-corrected chi connectivity index (χ2v) is 7.03. The Hall–Kier alpha value is -2.31. The molecule has 1 aliphatic heterocycles. The van der Waals surface area contributed by atoms with Crippen molar-refractivity contribution in [1.29, 1.82) is 0 Å². The lowest BCUT2D eigenvalue weighted by Gasteiger charge is -2.23. The van der Waals surface area contributed by atoms with Crippen LogP contribution < -0.4 is 9.64 Å². The summed E-state index contributed by atoms with van der Waals surface area (Å²) in [6, 6.07) is 9.76. The van der Waals surface area contributed by atoms with Gasteiger partial charge in [-0.05, 0) is 49.4 Å². The second kappa shape index (κ2) is 8.15. The smallest absolute Gasteiger partial charge is 0.414 e. The lowest BCUT2D eigenvalue weighted by Crippen LogP contribution is -2.32. The number of halogens is 2. The van der Waals surface area contributed by atoms with E-state index in [2.05, 4.69) is 4.90 Å². The SMILES string of the molecule is COc1ccc(N(C)C(=O)O[C@@H]2CCN(C)C2)c(-c2ccc(F)c(Cl)c2)c1. The summed E-state index contributed by atoms with van der Waals surface area (Å²) in [7, 11) is 5.21. The summed E-state index contributed by atoms with van der Waals surface area (Å²) in [6.45, 7) is 1.63. The first-order valence-electron chi connectivity index (χ1n) is 8.65. The Morgan fingerprint density at radius 3 is 2.70 bits per heavy atom. The van der Waals surface area contributed by atoms with Crippen LogP contribution in [0.25, 0.3) is 11.1 Å². The maximum atomic E-state index is 13.6. The molecule has 1 aliphatic rings. The van der Waals surface area contributed by atoms with E-state index in [1.807, 2.05) is 7.05 Å². The first-order valence-corrected chi connectivity index (χ1v) is 9.03. The van der Waals surface area contributed by atoms with Crippen LogP contribution in [0, 0.1) is 5.82 Å². The van der Waals surface area contributed by atoms with Gasteiger partial charge in [0.2, 0.25) is 0 Å². The highest BCUT2D eigenvalue weighted by Gasteiger charge is 2.26. The van der Waals surface area contributed by atoms with Crippen LogP contribution in [-0.4, -0.2) is 51.4 Å². The molecule has 2 aromatic rings. The predicted molar refractivity (Wildman–Crippen MR) is 104 cm³/mol. The van der Waals surface area contributed by atoms with Crippen LogP contribution in [0.2, 0.25) is 5.02 Å². The number of nitrogens with zero attached hydrogens (tertiary/aromatic N) is 2. The summed E-state index contributed by atoms with van der Waals surface area (Å²) in [5, 5.41) is 0.0143. The number of likely N-dealkylation sites (tertiary alicyclic amines) is 1. The molecule has 0 unspecified atom stereocenters. The van der Waals surface area contributed by atoms with Gasteiger partial charge in [-0.15, -0.1) is 0 Å². The zero-order valence-electron chi connectivity index (χ0n) is 15.5. The van der Waals surface area contributed by atoms with Gasteiger partial charge in [0.05, 0.1) is 17.8 Å². The number of methoxy groups -OCH3 is 1. The molecule has 1 fully saturated rings. The quantitative estimate of drug-likeness (QED) is 0.771. The molecule has 0 bridgehead atoms. The standard InChI is InChI=1S/C20H22ClFN2O3/c1-23-9-8-15(12-23)27-20(25)24(2)19-7-5-14(26-3)11-16(19)13-4-6-18(22)17(21)10-13/h4-7,10-11,15H,8-9,12H2,1-3H3/t15-/m1/s1. The van der Waals surface area contributed by atoms with Crippen molar-refractivity contribution < 1.29 is 18.7 Å². The summed E-state index contributed by atoms with van der Waals surface area (Å²) in [5.41, 5.74) is 1.99. The Labute approximate surface area is 163 Å². The summed E-state index contributed by atoms with van der Waals surface area (Å²) in [6.07, 6.45) is 0.265. The molecule has 1 heterocycles. The van der Waals surface area contributed by atoms with Gasteiger partial charge in [-0.2, -0.15) is 0 Å². The number of carbonyl (C=O) groups excluding carboxylic acids is 1. The fraction of sp³-hybridized carbons (Fsp3) is 0.350. The van der Waals surface area contributed by atoms with E-state index >= 15 is 0 Å². The monoisotopic (exact) mass is 392 g/mol. The van der Waals surface area contributed by atoms with E-state index in [-0.39, 0.29) is 11.1 Å². The first kappa shape index (κ1) is 19.5. The molecule has 0 aliphatic carbocycles. The molecule has 0 spiro atoms. The van der Waals surface area contributed by atoms with Crippen molar-refractivity contribution >= 4 is 23.4 Å². The maximum absolute atomic E-state index is 13.6. The predicted octanol–water partition coefficient (Wildman–Crippen LogP) is 4.43. The van der Waals surface area contributed by atoms with Crippen molar-refractivity contribution in [3.63, 3.8) is 0 Å². The van der Waals surface area contributed by atoms with Crippen molar-refractivity contribution in [3.8, 4) is 16.9 Å². The third-order valence-electron chi connectivity index (χ3n) is 4.69. The van der Waals surface area contributed by atoms with Gasteiger partial charge in [-0.25, -0.2) is 9.18 Å². The van der Waals surface area contributed by atoms with E-state index in [1.54, 1.807) is 38.4 Å². The van der Waals surface area contributed by atoms with E-state index < -0.39 is 11.9 Å². The molecule has 1 saturated heterocycles. The van der Waals surface area contributed by atoms with Gasteiger partial charge in [0.25, 0.3) is 0 Å². The number of likely N-dealkylation sites (N-methyl/N-ethyl adjacent to an activating group) is 1. The van der Waals surface area contributed by atoms with E-state index in [0.717, 1.165) is 19.5 Å².